The zero-order chi connectivity index (χ0) is 23.1. The Bertz CT molecular complexity index is 1030. The molecule has 0 aliphatic carbocycles. The maximum absolute atomic E-state index is 13.8. The van der Waals surface area contributed by atoms with E-state index < -0.39 is 18.1 Å². The Morgan fingerprint density at radius 1 is 1.22 bits per heavy atom. The number of hydrogen-bond acceptors (Lipinski definition) is 3. The highest BCUT2D eigenvalue weighted by Gasteiger charge is 2.30. The van der Waals surface area contributed by atoms with E-state index in [1.807, 2.05) is 41.1 Å². The highest BCUT2D eigenvalue weighted by Crippen LogP contribution is 2.28. The summed E-state index contributed by atoms with van der Waals surface area (Å²) in [6, 6.07) is 15.6. The summed E-state index contributed by atoms with van der Waals surface area (Å²) >= 11 is 0. The minimum absolute atomic E-state index is 0.204. The van der Waals surface area contributed by atoms with E-state index in [4.69, 9.17) is 10.7 Å². The molecule has 2 aromatic carbocycles. The lowest BCUT2D eigenvalue weighted by Gasteiger charge is -2.23. The smallest absolute Gasteiger partial charge is 0.226 e. The molecule has 0 bridgehead atoms. The number of halogens is 2. The molecular formula is C25H29F2N4O. The zero-order valence-corrected chi connectivity index (χ0v) is 18.4. The summed E-state index contributed by atoms with van der Waals surface area (Å²) in [5.74, 6) is 0.0654. The summed E-state index contributed by atoms with van der Waals surface area (Å²) < 4.78 is 28.2. The molecule has 7 heteroatoms. The maximum atomic E-state index is 13.8. The molecule has 3 N–H and O–H groups in total. The van der Waals surface area contributed by atoms with Gasteiger partial charge in [-0.25, -0.2) is 13.8 Å². The monoisotopic (exact) mass is 439 g/mol. The number of hydrogen-bond donors (Lipinski definition) is 2. The van der Waals surface area contributed by atoms with Crippen LogP contribution in [0.2, 0.25) is 0 Å². The standard InChI is InChI=1S/C25H29F2N4O/c1-25(2,24(32)29-12-11-21(28)15-26)14-23-30-22(19-9-6-10-20(27)13-19)17-31(23)16-18-7-4-3-5-8-18/h3-10,13-14,17,21H,11-12,15-16,28H2,1-2H3,(H,29,32)/t21-/m1/s1. The van der Waals surface area contributed by atoms with Crippen LogP contribution in [0.1, 0.15) is 31.7 Å². The van der Waals surface area contributed by atoms with Crippen molar-refractivity contribution < 1.29 is 13.6 Å². The van der Waals surface area contributed by atoms with E-state index in [1.165, 1.54) is 12.1 Å². The van der Waals surface area contributed by atoms with Crippen molar-refractivity contribution in [3.05, 3.63) is 84.4 Å². The lowest BCUT2D eigenvalue weighted by Crippen LogP contribution is -2.40. The average molecular weight is 440 g/mol. The molecule has 3 rings (SSSR count). The molecular weight excluding hydrogens is 410 g/mol. The second-order valence-electron chi connectivity index (χ2n) is 8.43. The van der Waals surface area contributed by atoms with E-state index in [9.17, 15) is 13.6 Å². The number of nitrogens with one attached hydrogen (secondary N) is 1. The molecule has 0 saturated heterocycles. The first kappa shape index (κ1) is 23.6. The summed E-state index contributed by atoms with van der Waals surface area (Å²) in [4.78, 5) is 17.5. The van der Waals surface area contributed by atoms with Crippen LogP contribution in [0.25, 0.3) is 11.3 Å². The van der Waals surface area contributed by atoms with Gasteiger partial charge in [-0.3, -0.25) is 4.79 Å². The maximum Gasteiger partial charge on any atom is 0.226 e. The molecule has 0 aliphatic rings. The molecule has 1 heterocycles. The van der Waals surface area contributed by atoms with Gasteiger partial charge in [0.2, 0.25) is 5.91 Å². The second kappa shape index (κ2) is 10.5. The number of aromatic nitrogens is 2. The lowest BCUT2D eigenvalue weighted by atomic mass is 9.87. The molecule has 1 radical (unpaired) electrons. The Hall–Kier alpha value is -3.06. The summed E-state index contributed by atoms with van der Waals surface area (Å²) in [7, 11) is 0. The minimum atomic E-state index is -0.876. The molecule has 169 valence electrons. The number of amides is 1. The first-order chi connectivity index (χ1) is 15.3. The largest absolute Gasteiger partial charge is 0.356 e. The molecule has 0 spiro atoms. The quantitative estimate of drug-likeness (QED) is 0.499. The number of nitrogens with zero attached hydrogens (tertiary/aromatic N) is 2. The molecule has 0 fully saturated rings. The lowest BCUT2D eigenvalue weighted by molar-refractivity contribution is -0.127. The number of carbonyl (C=O) groups excluding carboxylic acids is 1. The Balaban J connectivity index is 1.83. The van der Waals surface area contributed by atoms with E-state index >= 15 is 0 Å². The Labute approximate surface area is 187 Å². The molecule has 1 amide bonds. The van der Waals surface area contributed by atoms with Gasteiger partial charge >= 0.3 is 0 Å². The molecule has 1 aromatic heterocycles. The first-order valence-corrected chi connectivity index (χ1v) is 10.6. The van der Waals surface area contributed by atoms with Crippen molar-refractivity contribution in [3.8, 4) is 11.3 Å². The average Bonchev–Trinajstić information content (AvgIpc) is 3.15. The Kier molecular flexibility index (Phi) is 7.75. The third-order valence-electron chi connectivity index (χ3n) is 5.20. The number of imidazole rings is 1. The number of nitrogens with two attached hydrogens (primary N) is 1. The summed E-state index contributed by atoms with van der Waals surface area (Å²) in [6.45, 7) is 3.82. The van der Waals surface area contributed by atoms with Crippen LogP contribution in [0, 0.1) is 17.7 Å². The van der Waals surface area contributed by atoms with Crippen LogP contribution in [0.4, 0.5) is 8.78 Å². The van der Waals surface area contributed by atoms with E-state index in [2.05, 4.69) is 5.32 Å². The molecule has 5 nitrogen and oxygen atoms in total. The predicted molar refractivity (Wildman–Crippen MR) is 122 cm³/mol. The van der Waals surface area contributed by atoms with Gasteiger partial charge in [-0.05, 0) is 24.1 Å². The topological polar surface area (TPSA) is 72.9 Å². The van der Waals surface area contributed by atoms with Crippen molar-refractivity contribution in [3.63, 3.8) is 0 Å². The third kappa shape index (κ3) is 6.23. The molecule has 32 heavy (non-hydrogen) atoms. The van der Waals surface area contributed by atoms with E-state index in [0.717, 1.165) is 5.56 Å². The van der Waals surface area contributed by atoms with Gasteiger partial charge < -0.3 is 15.6 Å². The fourth-order valence-electron chi connectivity index (χ4n) is 3.30. The molecule has 0 unspecified atom stereocenters. The third-order valence-corrected chi connectivity index (χ3v) is 5.20. The fraction of sp³-hybridized carbons (Fsp3) is 0.320. The van der Waals surface area contributed by atoms with E-state index in [1.54, 1.807) is 32.4 Å². The van der Waals surface area contributed by atoms with Gasteiger partial charge in [0, 0.05) is 37.3 Å². The van der Waals surface area contributed by atoms with Crippen LogP contribution < -0.4 is 11.1 Å². The van der Waals surface area contributed by atoms with Crippen LogP contribution in [0.5, 0.6) is 0 Å². The molecule has 1 atom stereocenters. The van der Waals surface area contributed by atoms with Gasteiger partial charge in [0.1, 0.15) is 18.3 Å². The van der Waals surface area contributed by atoms with Crippen LogP contribution in [-0.4, -0.2) is 34.7 Å². The van der Waals surface area contributed by atoms with Crippen LogP contribution in [0.15, 0.2) is 60.8 Å². The van der Waals surface area contributed by atoms with Gasteiger partial charge in [0.25, 0.3) is 0 Å². The van der Waals surface area contributed by atoms with Gasteiger partial charge in [-0.2, -0.15) is 0 Å². The second-order valence-corrected chi connectivity index (χ2v) is 8.43. The Morgan fingerprint density at radius 3 is 2.66 bits per heavy atom. The van der Waals surface area contributed by atoms with Crippen molar-refractivity contribution in [2.75, 3.05) is 13.2 Å². The number of carbonyl (C=O) groups is 1. The van der Waals surface area contributed by atoms with Crippen molar-refractivity contribution in [2.24, 2.45) is 11.1 Å². The van der Waals surface area contributed by atoms with Crippen LogP contribution >= 0.6 is 0 Å². The van der Waals surface area contributed by atoms with Crippen LogP contribution in [-0.2, 0) is 11.3 Å². The number of alkyl halides is 1. The van der Waals surface area contributed by atoms with Crippen molar-refractivity contribution >= 4 is 5.91 Å². The van der Waals surface area contributed by atoms with Gasteiger partial charge in [0.15, 0.2) is 0 Å². The van der Waals surface area contributed by atoms with E-state index in [-0.39, 0.29) is 11.7 Å². The zero-order valence-electron chi connectivity index (χ0n) is 18.4. The van der Waals surface area contributed by atoms with Gasteiger partial charge in [0.05, 0.1) is 11.1 Å². The SMILES string of the molecule is CC(C)([CH]c1nc(-c2cccc(F)c2)cn1Cc1ccccc1)C(=O)NCC[C@@H](N)CF. The first-order valence-electron chi connectivity index (χ1n) is 10.6. The van der Waals surface area contributed by atoms with Crippen LogP contribution in [0.3, 0.4) is 0 Å². The summed E-state index contributed by atoms with van der Waals surface area (Å²) in [6.07, 6.45) is 4.02. The molecule has 0 saturated carbocycles. The normalized spacial score (nSPS) is 12.5. The number of rotatable bonds is 10. The van der Waals surface area contributed by atoms with Crippen molar-refractivity contribution in [2.45, 2.75) is 32.9 Å². The van der Waals surface area contributed by atoms with Gasteiger partial charge in [-0.15, -0.1) is 0 Å². The highest BCUT2D eigenvalue weighted by atomic mass is 19.1. The predicted octanol–water partition coefficient (Wildman–Crippen LogP) is 4.12. The van der Waals surface area contributed by atoms with Crippen molar-refractivity contribution in [1.29, 1.82) is 0 Å². The molecule has 0 aliphatic heterocycles. The number of benzene rings is 2. The fourth-order valence-corrected chi connectivity index (χ4v) is 3.30. The summed E-state index contributed by atoms with van der Waals surface area (Å²) in [5, 5.41) is 2.82. The molecule has 3 aromatic rings. The highest BCUT2D eigenvalue weighted by molar-refractivity contribution is 5.83. The minimum Gasteiger partial charge on any atom is -0.356 e. The van der Waals surface area contributed by atoms with E-state index in [0.29, 0.717) is 36.6 Å². The Morgan fingerprint density at radius 2 is 1.97 bits per heavy atom. The van der Waals surface area contributed by atoms with Crippen molar-refractivity contribution in [1.82, 2.24) is 14.9 Å². The van der Waals surface area contributed by atoms with Gasteiger partial charge in [-0.1, -0.05) is 56.3 Å². The summed E-state index contributed by atoms with van der Waals surface area (Å²) in [5.41, 5.74) is 7.06.